The minimum absolute atomic E-state index is 0.263. The van der Waals surface area contributed by atoms with Gasteiger partial charge in [0.1, 0.15) is 0 Å². The maximum Gasteiger partial charge on any atom is 0.00965 e. The van der Waals surface area contributed by atoms with E-state index in [9.17, 15) is 0 Å². The maximum atomic E-state index is 3.48. The third-order valence-corrected chi connectivity index (χ3v) is 2.58. The fourth-order valence-electron chi connectivity index (χ4n) is 1.14. The molecule has 0 unspecified atom stereocenters. The number of hydrogen-bond acceptors (Lipinski definition) is 3. The molecule has 0 aliphatic carbocycles. The first-order valence-electron chi connectivity index (χ1n) is 5.51. The summed E-state index contributed by atoms with van der Waals surface area (Å²) < 4.78 is 0. The molecule has 2 N–H and O–H groups in total. The molecular weight excluding hydrogens is 192 g/mol. The van der Waals surface area contributed by atoms with Crippen LogP contribution in [0.15, 0.2) is 0 Å². The van der Waals surface area contributed by atoms with Crippen LogP contribution in [0.25, 0.3) is 0 Å². The lowest BCUT2D eigenvalue weighted by Gasteiger charge is -2.20. The highest BCUT2D eigenvalue weighted by Crippen LogP contribution is 1.97. The molecule has 0 saturated heterocycles. The summed E-state index contributed by atoms with van der Waals surface area (Å²) in [7, 11) is 0. The van der Waals surface area contributed by atoms with Crippen molar-refractivity contribution in [1.29, 1.82) is 0 Å². The van der Waals surface area contributed by atoms with E-state index in [1.165, 1.54) is 18.6 Å². The Balaban J connectivity index is 2.99. The fraction of sp³-hybridized carbons (Fsp3) is 1.00. The quantitative estimate of drug-likeness (QED) is 0.610. The summed E-state index contributed by atoms with van der Waals surface area (Å²) in [5.74, 6) is 1.27. The van der Waals surface area contributed by atoms with Gasteiger partial charge in [0.25, 0.3) is 0 Å². The van der Waals surface area contributed by atoms with E-state index in [0.717, 1.165) is 19.6 Å². The Hall–Kier alpha value is 0.270. The lowest BCUT2D eigenvalue weighted by Crippen LogP contribution is -2.37. The first-order valence-corrected chi connectivity index (χ1v) is 6.90. The predicted molar refractivity (Wildman–Crippen MR) is 68.2 cm³/mol. The summed E-state index contributed by atoms with van der Waals surface area (Å²) in [6, 6.07) is 0. The van der Waals surface area contributed by atoms with Gasteiger partial charge >= 0.3 is 0 Å². The van der Waals surface area contributed by atoms with E-state index in [0.29, 0.717) is 0 Å². The zero-order valence-corrected chi connectivity index (χ0v) is 11.0. The van der Waals surface area contributed by atoms with Gasteiger partial charge in [-0.1, -0.05) is 0 Å². The van der Waals surface area contributed by atoms with E-state index in [-0.39, 0.29) is 5.54 Å². The van der Waals surface area contributed by atoms with Crippen molar-refractivity contribution in [3.8, 4) is 0 Å². The van der Waals surface area contributed by atoms with E-state index in [2.05, 4.69) is 37.7 Å². The van der Waals surface area contributed by atoms with Crippen LogP contribution in [-0.2, 0) is 0 Å². The Labute approximate surface area is 93.6 Å². The van der Waals surface area contributed by atoms with Gasteiger partial charge in [0.2, 0.25) is 0 Å². The molecule has 0 fully saturated rings. The predicted octanol–water partition coefficient (Wildman–Crippen LogP) is 2.11. The zero-order valence-electron chi connectivity index (χ0n) is 10.2. The molecule has 14 heavy (non-hydrogen) atoms. The third kappa shape index (κ3) is 12.3. The van der Waals surface area contributed by atoms with Crippen molar-refractivity contribution in [1.82, 2.24) is 10.6 Å². The molecule has 0 aromatic rings. The van der Waals surface area contributed by atoms with E-state index in [1.807, 2.05) is 11.8 Å². The summed E-state index contributed by atoms with van der Waals surface area (Å²) in [6.07, 6.45) is 4.66. The van der Waals surface area contributed by atoms with Gasteiger partial charge in [-0.05, 0) is 65.3 Å². The van der Waals surface area contributed by atoms with Gasteiger partial charge < -0.3 is 10.6 Å². The van der Waals surface area contributed by atoms with Crippen LogP contribution in [0.1, 0.15) is 33.6 Å². The Bertz CT molecular complexity index is 121. The summed E-state index contributed by atoms with van der Waals surface area (Å²) >= 11 is 1.92. The molecule has 86 valence electrons. The number of thioether (sulfide) groups is 1. The van der Waals surface area contributed by atoms with Crippen molar-refractivity contribution < 1.29 is 0 Å². The Morgan fingerprint density at radius 2 is 1.64 bits per heavy atom. The van der Waals surface area contributed by atoms with Gasteiger partial charge in [0.05, 0.1) is 0 Å². The van der Waals surface area contributed by atoms with Crippen molar-refractivity contribution in [2.75, 3.05) is 31.6 Å². The van der Waals surface area contributed by atoms with Gasteiger partial charge in [-0.3, -0.25) is 0 Å². The first kappa shape index (κ1) is 14.3. The second-order valence-electron chi connectivity index (χ2n) is 4.63. The van der Waals surface area contributed by atoms with Crippen molar-refractivity contribution in [3.05, 3.63) is 0 Å². The third-order valence-electron chi connectivity index (χ3n) is 1.89. The zero-order chi connectivity index (χ0) is 10.9. The molecule has 0 heterocycles. The second kappa shape index (κ2) is 8.57. The number of nitrogens with one attached hydrogen (secondary N) is 2. The fourth-order valence-corrected chi connectivity index (χ4v) is 1.58. The first-order chi connectivity index (χ1) is 6.56. The topological polar surface area (TPSA) is 24.1 Å². The largest absolute Gasteiger partial charge is 0.317 e. The molecular formula is C11H26N2S. The normalized spacial score (nSPS) is 12.0. The van der Waals surface area contributed by atoms with Crippen molar-refractivity contribution in [2.24, 2.45) is 0 Å². The lowest BCUT2D eigenvalue weighted by atomic mass is 10.1. The van der Waals surface area contributed by atoms with Crippen LogP contribution >= 0.6 is 11.8 Å². The highest BCUT2D eigenvalue weighted by atomic mass is 32.2. The Morgan fingerprint density at radius 1 is 1.00 bits per heavy atom. The number of hydrogen-bond donors (Lipinski definition) is 2. The summed E-state index contributed by atoms with van der Waals surface area (Å²) in [5.41, 5.74) is 0.263. The molecule has 0 aromatic heterocycles. The second-order valence-corrected chi connectivity index (χ2v) is 5.61. The molecule has 0 atom stereocenters. The molecule has 0 aliphatic rings. The smallest absolute Gasteiger partial charge is 0.00965 e. The maximum absolute atomic E-state index is 3.48. The van der Waals surface area contributed by atoms with Gasteiger partial charge in [0, 0.05) is 5.54 Å². The average Bonchev–Trinajstić information content (AvgIpc) is 2.08. The van der Waals surface area contributed by atoms with Crippen LogP contribution in [0.4, 0.5) is 0 Å². The summed E-state index contributed by atoms with van der Waals surface area (Å²) in [6.45, 7) is 10.0. The SMILES string of the molecule is CSCCCNCCCNC(C)(C)C. The standard InChI is InChI=1S/C11H26N2S/c1-11(2,3)13-9-5-7-12-8-6-10-14-4/h12-13H,5-10H2,1-4H3. The van der Waals surface area contributed by atoms with Crippen LogP contribution < -0.4 is 10.6 Å². The Kier molecular flexibility index (Phi) is 8.73. The summed E-state index contributed by atoms with van der Waals surface area (Å²) in [5, 5.41) is 6.93. The molecule has 0 bridgehead atoms. The van der Waals surface area contributed by atoms with Gasteiger partial charge in [-0.2, -0.15) is 11.8 Å². The minimum Gasteiger partial charge on any atom is -0.317 e. The van der Waals surface area contributed by atoms with Crippen LogP contribution in [0, 0.1) is 0 Å². The van der Waals surface area contributed by atoms with Crippen LogP contribution in [0.2, 0.25) is 0 Å². The molecule has 3 heteroatoms. The molecule has 0 saturated carbocycles. The minimum atomic E-state index is 0.263. The highest BCUT2D eigenvalue weighted by molar-refractivity contribution is 7.98. The lowest BCUT2D eigenvalue weighted by molar-refractivity contribution is 0.418. The van der Waals surface area contributed by atoms with Gasteiger partial charge in [-0.25, -0.2) is 0 Å². The van der Waals surface area contributed by atoms with Crippen LogP contribution in [0.3, 0.4) is 0 Å². The molecule has 0 aliphatic heterocycles. The molecule has 0 radical (unpaired) electrons. The molecule has 0 amide bonds. The van der Waals surface area contributed by atoms with E-state index >= 15 is 0 Å². The summed E-state index contributed by atoms with van der Waals surface area (Å²) in [4.78, 5) is 0. The highest BCUT2D eigenvalue weighted by Gasteiger charge is 2.06. The van der Waals surface area contributed by atoms with Crippen LogP contribution in [0.5, 0.6) is 0 Å². The van der Waals surface area contributed by atoms with E-state index in [4.69, 9.17) is 0 Å². The van der Waals surface area contributed by atoms with Crippen molar-refractivity contribution >= 4 is 11.8 Å². The van der Waals surface area contributed by atoms with Crippen molar-refractivity contribution in [2.45, 2.75) is 39.2 Å². The number of rotatable bonds is 8. The van der Waals surface area contributed by atoms with Crippen LogP contribution in [-0.4, -0.2) is 37.2 Å². The molecule has 0 spiro atoms. The molecule has 0 rings (SSSR count). The average molecular weight is 218 g/mol. The molecule has 2 nitrogen and oxygen atoms in total. The van der Waals surface area contributed by atoms with E-state index < -0.39 is 0 Å². The molecule has 0 aromatic carbocycles. The van der Waals surface area contributed by atoms with E-state index in [1.54, 1.807) is 0 Å². The van der Waals surface area contributed by atoms with Gasteiger partial charge in [0.15, 0.2) is 0 Å². The van der Waals surface area contributed by atoms with Crippen molar-refractivity contribution in [3.63, 3.8) is 0 Å². The Morgan fingerprint density at radius 3 is 2.21 bits per heavy atom. The van der Waals surface area contributed by atoms with Gasteiger partial charge in [-0.15, -0.1) is 0 Å². The monoisotopic (exact) mass is 218 g/mol.